The number of carboxylic acid groups (broad SMARTS) is 1. The fraction of sp³-hybridized carbons (Fsp3) is 0.429. The van der Waals surface area contributed by atoms with Crippen molar-refractivity contribution < 1.29 is 14.7 Å². The SMILES string of the molecule is CC(C)(C)N(C(=O)O)C(C)(C=O)c1ccc(Cl)cc1. The van der Waals surface area contributed by atoms with E-state index in [9.17, 15) is 14.7 Å². The zero-order chi connectivity index (χ0) is 14.8. The van der Waals surface area contributed by atoms with E-state index in [2.05, 4.69) is 0 Å². The van der Waals surface area contributed by atoms with Crippen molar-refractivity contribution in [1.82, 2.24) is 4.90 Å². The molecule has 0 aliphatic carbocycles. The Morgan fingerprint density at radius 2 is 1.68 bits per heavy atom. The van der Waals surface area contributed by atoms with Crippen LogP contribution in [0.1, 0.15) is 33.3 Å². The lowest BCUT2D eigenvalue weighted by Crippen LogP contribution is -2.57. The van der Waals surface area contributed by atoms with Crippen LogP contribution in [0.15, 0.2) is 24.3 Å². The summed E-state index contributed by atoms with van der Waals surface area (Å²) in [6, 6.07) is 6.61. The molecule has 1 N–H and O–H groups in total. The fourth-order valence-corrected chi connectivity index (χ4v) is 2.35. The van der Waals surface area contributed by atoms with Crippen molar-refractivity contribution in [1.29, 1.82) is 0 Å². The molecule has 0 saturated heterocycles. The molecule has 0 spiro atoms. The topological polar surface area (TPSA) is 57.6 Å². The molecule has 1 rings (SSSR count). The zero-order valence-corrected chi connectivity index (χ0v) is 12.2. The van der Waals surface area contributed by atoms with Crippen LogP contribution in [-0.2, 0) is 10.3 Å². The molecule has 1 amide bonds. The van der Waals surface area contributed by atoms with Crippen molar-refractivity contribution in [3.05, 3.63) is 34.9 Å². The first-order chi connectivity index (χ1) is 8.63. The van der Waals surface area contributed by atoms with Crippen molar-refractivity contribution in [3.8, 4) is 0 Å². The molecule has 104 valence electrons. The maximum absolute atomic E-state index is 11.6. The third-order valence-electron chi connectivity index (χ3n) is 2.98. The molecule has 0 fully saturated rings. The van der Waals surface area contributed by atoms with Crippen LogP contribution in [-0.4, -0.2) is 27.9 Å². The van der Waals surface area contributed by atoms with Gasteiger partial charge in [0.2, 0.25) is 0 Å². The molecule has 1 unspecified atom stereocenters. The molecule has 19 heavy (non-hydrogen) atoms. The summed E-state index contributed by atoms with van der Waals surface area (Å²) in [4.78, 5) is 24.2. The normalized spacial score (nSPS) is 14.6. The van der Waals surface area contributed by atoms with Gasteiger partial charge in [-0.3, -0.25) is 4.90 Å². The van der Waals surface area contributed by atoms with E-state index < -0.39 is 17.2 Å². The molecular weight excluding hydrogens is 266 g/mol. The lowest BCUT2D eigenvalue weighted by Gasteiger charge is -2.44. The molecule has 0 aliphatic rings. The van der Waals surface area contributed by atoms with Crippen LogP contribution in [0.2, 0.25) is 5.02 Å². The van der Waals surface area contributed by atoms with Gasteiger partial charge in [0, 0.05) is 10.6 Å². The number of rotatable bonds is 3. The fourth-order valence-electron chi connectivity index (χ4n) is 2.22. The summed E-state index contributed by atoms with van der Waals surface area (Å²) in [6.45, 7) is 6.83. The number of halogens is 1. The van der Waals surface area contributed by atoms with Crippen LogP contribution in [0, 0.1) is 0 Å². The second kappa shape index (κ2) is 5.21. The monoisotopic (exact) mass is 283 g/mol. The van der Waals surface area contributed by atoms with E-state index in [0.717, 1.165) is 4.90 Å². The van der Waals surface area contributed by atoms with E-state index in [1.165, 1.54) is 0 Å². The predicted octanol–water partition coefficient (Wildman–Crippen LogP) is 3.53. The maximum atomic E-state index is 11.6. The summed E-state index contributed by atoms with van der Waals surface area (Å²) in [5.74, 6) is 0. The summed E-state index contributed by atoms with van der Waals surface area (Å²) in [6.07, 6.45) is -0.493. The highest BCUT2D eigenvalue weighted by Gasteiger charge is 2.43. The summed E-state index contributed by atoms with van der Waals surface area (Å²) in [5, 5.41) is 9.97. The third-order valence-corrected chi connectivity index (χ3v) is 3.24. The van der Waals surface area contributed by atoms with E-state index >= 15 is 0 Å². The van der Waals surface area contributed by atoms with Gasteiger partial charge in [-0.15, -0.1) is 0 Å². The smallest absolute Gasteiger partial charge is 0.408 e. The average molecular weight is 284 g/mol. The largest absolute Gasteiger partial charge is 0.465 e. The van der Waals surface area contributed by atoms with Crippen LogP contribution in [0.5, 0.6) is 0 Å². The van der Waals surface area contributed by atoms with E-state index in [-0.39, 0.29) is 0 Å². The van der Waals surface area contributed by atoms with Crippen LogP contribution in [0.3, 0.4) is 0 Å². The summed E-state index contributed by atoms with van der Waals surface area (Å²) in [5.41, 5.74) is -1.38. The number of hydrogen-bond donors (Lipinski definition) is 1. The van der Waals surface area contributed by atoms with Gasteiger partial charge in [0.25, 0.3) is 0 Å². The van der Waals surface area contributed by atoms with E-state index in [1.54, 1.807) is 52.0 Å². The number of benzene rings is 1. The molecule has 0 saturated carbocycles. The van der Waals surface area contributed by atoms with E-state index in [0.29, 0.717) is 16.9 Å². The van der Waals surface area contributed by atoms with Crippen LogP contribution in [0.25, 0.3) is 0 Å². The molecule has 1 aromatic carbocycles. The number of hydrogen-bond acceptors (Lipinski definition) is 2. The number of carbonyl (C=O) groups is 2. The number of aldehydes is 1. The van der Waals surface area contributed by atoms with E-state index in [4.69, 9.17) is 11.6 Å². The minimum atomic E-state index is -1.26. The van der Waals surface area contributed by atoms with Gasteiger partial charge in [-0.25, -0.2) is 4.79 Å². The first-order valence-corrected chi connectivity index (χ1v) is 6.26. The van der Waals surface area contributed by atoms with Gasteiger partial charge in [0.1, 0.15) is 11.8 Å². The molecule has 0 radical (unpaired) electrons. The number of carbonyl (C=O) groups excluding carboxylic acids is 1. The molecular formula is C14H18ClNO3. The Morgan fingerprint density at radius 1 is 1.21 bits per heavy atom. The molecule has 1 aromatic rings. The Hall–Kier alpha value is -1.55. The van der Waals surface area contributed by atoms with Crippen molar-refractivity contribution in [3.63, 3.8) is 0 Å². The summed E-state index contributed by atoms with van der Waals surface area (Å²) in [7, 11) is 0. The Labute approximate surface area is 118 Å². The molecule has 0 aromatic heterocycles. The Kier molecular flexibility index (Phi) is 4.25. The minimum absolute atomic E-state index is 0.537. The lowest BCUT2D eigenvalue weighted by molar-refractivity contribution is -0.120. The first kappa shape index (κ1) is 15.5. The quantitative estimate of drug-likeness (QED) is 0.863. The average Bonchev–Trinajstić information content (AvgIpc) is 2.27. The van der Waals surface area contributed by atoms with Crippen molar-refractivity contribution in [2.75, 3.05) is 0 Å². The second-order valence-electron chi connectivity index (χ2n) is 5.56. The van der Waals surface area contributed by atoms with Crippen molar-refractivity contribution in [2.24, 2.45) is 0 Å². The molecule has 0 aliphatic heterocycles. The third kappa shape index (κ3) is 3.07. The molecule has 4 nitrogen and oxygen atoms in total. The molecule has 0 heterocycles. The van der Waals surface area contributed by atoms with Crippen molar-refractivity contribution in [2.45, 2.75) is 38.8 Å². The Bertz CT molecular complexity index is 478. The highest BCUT2D eigenvalue weighted by molar-refractivity contribution is 6.30. The second-order valence-corrected chi connectivity index (χ2v) is 6.00. The van der Waals surface area contributed by atoms with Gasteiger partial charge in [-0.2, -0.15) is 0 Å². The lowest BCUT2D eigenvalue weighted by atomic mass is 9.87. The minimum Gasteiger partial charge on any atom is -0.465 e. The maximum Gasteiger partial charge on any atom is 0.408 e. The zero-order valence-electron chi connectivity index (χ0n) is 11.5. The van der Waals surface area contributed by atoms with Gasteiger partial charge >= 0.3 is 6.09 Å². The summed E-state index contributed by atoms with van der Waals surface area (Å²) < 4.78 is 0. The van der Waals surface area contributed by atoms with Gasteiger partial charge in [-0.1, -0.05) is 23.7 Å². The summed E-state index contributed by atoms with van der Waals surface area (Å²) >= 11 is 5.82. The molecule has 1 atom stereocenters. The van der Waals surface area contributed by atoms with Crippen LogP contribution in [0.4, 0.5) is 4.79 Å². The number of amides is 1. The highest BCUT2D eigenvalue weighted by Crippen LogP contribution is 2.33. The molecule has 5 heteroatoms. The highest BCUT2D eigenvalue weighted by atomic mass is 35.5. The van der Waals surface area contributed by atoms with Gasteiger partial charge < -0.3 is 9.90 Å². The number of nitrogens with zero attached hydrogens (tertiary/aromatic N) is 1. The van der Waals surface area contributed by atoms with Crippen molar-refractivity contribution >= 4 is 24.0 Å². The van der Waals surface area contributed by atoms with Crippen LogP contribution < -0.4 is 0 Å². The van der Waals surface area contributed by atoms with Gasteiger partial charge in [0.05, 0.1) is 0 Å². The predicted molar refractivity (Wildman–Crippen MR) is 74.5 cm³/mol. The van der Waals surface area contributed by atoms with Crippen LogP contribution >= 0.6 is 11.6 Å². The molecule has 0 bridgehead atoms. The standard InChI is InChI=1S/C14H18ClNO3/c1-13(2,3)16(12(18)19)14(4,9-17)10-5-7-11(15)8-6-10/h5-9H,1-4H3,(H,18,19). The Balaban J connectivity index is 3.40. The first-order valence-electron chi connectivity index (χ1n) is 5.88. The van der Waals surface area contributed by atoms with Gasteiger partial charge in [0.15, 0.2) is 0 Å². The van der Waals surface area contributed by atoms with Gasteiger partial charge in [-0.05, 0) is 45.4 Å². The van der Waals surface area contributed by atoms with E-state index in [1.807, 2.05) is 0 Å². The Morgan fingerprint density at radius 3 is 2.00 bits per heavy atom.